The molecule has 0 bridgehead atoms. The molecule has 2 aliphatic rings. The number of hydrogen-bond donors (Lipinski definition) is 2. The number of nitrogens with one attached hydrogen (secondary N) is 2. The highest BCUT2D eigenvalue weighted by Crippen LogP contribution is 2.26. The number of aromatic nitrogens is 1. The van der Waals surface area contributed by atoms with Gasteiger partial charge in [-0.05, 0) is 62.2 Å². The van der Waals surface area contributed by atoms with Gasteiger partial charge in [0.25, 0.3) is 0 Å². The van der Waals surface area contributed by atoms with Crippen molar-refractivity contribution in [2.75, 3.05) is 19.6 Å². The molecule has 0 saturated carbocycles. The minimum absolute atomic E-state index is 0.226. The Morgan fingerprint density at radius 1 is 1.19 bits per heavy atom. The van der Waals surface area contributed by atoms with Crippen molar-refractivity contribution >= 4 is 22.7 Å². The summed E-state index contributed by atoms with van der Waals surface area (Å²) < 4.78 is 0. The van der Waals surface area contributed by atoms with Gasteiger partial charge in [0.15, 0.2) is 0 Å². The smallest absolute Gasteiger partial charge is 0.103 e. The van der Waals surface area contributed by atoms with E-state index < -0.39 is 0 Å². The fourth-order valence-electron chi connectivity index (χ4n) is 4.23. The number of dihydropyridines is 1. The fraction of sp³-hybridized carbons (Fsp3) is 0.500. The van der Waals surface area contributed by atoms with Crippen LogP contribution >= 0.6 is 0 Å². The highest BCUT2D eigenvalue weighted by molar-refractivity contribution is 6.15. The minimum atomic E-state index is 0.226. The topological polar surface area (TPSA) is 43.4 Å². The van der Waals surface area contributed by atoms with Crippen LogP contribution in [0.1, 0.15) is 44.6 Å². The molecule has 0 amide bonds. The SMILES string of the molecule is CCN1CCCCC(NC2CC=C(c3cccc4[nH]ccc34)C=N2)CC1. The molecule has 2 N–H and O–H groups in total. The molecule has 1 fully saturated rings. The van der Waals surface area contributed by atoms with Crippen LogP contribution in [0.5, 0.6) is 0 Å². The van der Waals surface area contributed by atoms with Crippen LogP contribution in [0.15, 0.2) is 41.5 Å². The van der Waals surface area contributed by atoms with Crippen molar-refractivity contribution in [3.63, 3.8) is 0 Å². The number of H-pyrrole nitrogens is 1. The summed E-state index contributed by atoms with van der Waals surface area (Å²) in [7, 11) is 0. The number of aliphatic imine (C=N–C) groups is 1. The molecule has 4 rings (SSSR count). The van der Waals surface area contributed by atoms with E-state index in [9.17, 15) is 0 Å². The van der Waals surface area contributed by atoms with Crippen molar-refractivity contribution in [2.45, 2.75) is 51.2 Å². The summed E-state index contributed by atoms with van der Waals surface area (Å²) in [5, 5.41) is 5.07. The molecule has 0 radical (unpaired) electrons. The molecule has 4 heteroatoms. The molecule has 138 valence electrons. The largest absolute Gasteiger partial charge is 0.361 e. The molecule has 2 atom stereocenters. The maximum atomic E-state index is 4.84. The lowest BCUT2D eigenvalue weighted by Crippen LogP contribution is -2.41. The minimum Gasteiger partial charge on any atom is -0.361 e. The zero-order valence-electron chi connectivity index (χ0n) is 15.7. The number of allylic oxidation sites excluding steroid dienone is 1. The summed E-state index contributed by atoms with van der Waals surface area (Å²) in [6.07, 6.45) is 12.8. The van der Waals surface area contributed by atoms with E-state index in [4.69, 9.17) is 4.99 Å². The van der Waals surface area contributed by atoms with Gasteiger partial charge in [0, 0.05) is 35.8 Å². The Balaban J connectivity index is 1.38. The van der Waals surface area contributed by atoms with Crippen molar-refractivity contribution in [3.8, 4) is 0 Å². The Morgan fingerprint density at radius 2 is 2.15 bits per heavy atom. The van der Waals surface area contributed by atoms with Crippen molar-refractivity contribution in [1.82, 2.24) is 15.2 Å². The van der Waals surface area contributed by atoms with E-state index in [2.05, 4.69) is 58.7 Å². The first-order chi connectivity index (χ1) is 12.8. The number of nitrogens with zero attached hydrogens (tertiary/aromatic N) is 2. The van der Waals surface area contributed by atoms with Crippen molar-refractivity contribution in [2.24, 2.45) is 4.99 Å². The Bertz CT molecular complexity index is 788. The highest BCUT2D eigenvalue weighted by atomic mass is 15.1. The molecule has 0 aliphatic carbocycles. The van der Waals surface area contributed by atoms with Crippen LogP contribution in [0.2, 0.25) is 0 Å². The standard InChI is InChI=1S/C22H30N4/c1-2-26-14-4-3-6-18(12-15-26)25-22-10-9-17(16-24-22)19-7-5-8-21-20(19)11-13-23-21/h5,7-9,11,13,16,18,22-23,25H,2-4,6,10,12,14-15H2,1H3. The normalized spacial score (nSPS) is 25.0. The van der Waals surface area contributed by atoms with Crippen LogP contribution in [0, 0.1) is 0 Å². The molecule has 4 nitrogen and oxygen atoms in total. The number of rotatable bonds is 4. The lowest BCUT2D eigenvalue weighted by atomic mass is 9.99. The molecule has 26 heavy (non-hydrogen) atoms. The van der Waals surface area contributed by atoms with E-state index in [0.29, 0.717) is 6.04 Å². The van der Waals surface area contributed by atoms with Crippen LogP contribution in [0.3, 0.4) is 0 Å². The summed E-state index contributed by atoms with van der Waals surface area (Å²) in [5.41, 5.74) is 3.70. The monoisotopic (exact) mass is 350 g/mol. The van der Waals surface area contributed by atoms with Crippen LogP contribution < -0.4 is 5.32 Å². The molecular formula is C22H30N4. The maximum absolute atomic E-state index is 4.84. The second kappa shape index (κ2) is 8.19. The predicted octanol–water partition coefficient (Wildman–Crippen LogP) is 4.21. The summed E-state index contributed by atoms with van der Waals surface area (Å²) in [4.78, 5) is 10.7. The molecule has 1 saturated heterocycles. The summed E-state index contributed by atoms with van der Waals surface area (Å²) in [6, 6.07) is 9.17. The number of hydrogen-bond acceptors (Lipinski definition) is 3. The quantitative estimate of drug-likeness (QED) is 0.868. The van der Waals surface area contributed by atoms with Crippen LogP contribution in [-0.2, 0) is 0 Å². The molecule has 3 heterocycles. The van der Waals surface area contributed by atoms with Gasteiger partial charge in [-0.25, -0.2) is 0 Å². The van der Waals surface area contributed by atoms with E-state index >= 15 is 0 Å². The second-order valence-electron chi connectivity index (χ2n) is 7.52. The Morgan fingerprint density at radius 3 is 3.00 bits per heavy atom. The molecule has 0 spiro atoms. The summed E-state index contributed by atoms with van der Waals surface area (Å²) in [6.45, 7) is 5.92. The van der Waals surface area contributed by atoms with E-state index in [-0.39, 0.29) is 6.17 Å². The van der Waals surface area contributed by atoms with Crippen molar-refractivity contribution < 1.29 is 0 Å². The molecule has 2 unspecified atom stereocenters. The molecular weight excluding hydrogens is 320 g/mol. The van der Waals surface area contributed by atoms with Gasteiger partial charge in [-0.1, -0.05) is 31.6 Å². The lowest BCUT2D eigenvalue weighted by molar-refractivity contribution is 0.231. The summed E-state index contributed by atoms with van der Waals surface area (Å²) in [5.74, 6) is 0. The highest BCUT2D eigenvalue weighted by Gasteiger charge is 2.19. The van der Waals surface area contributed by atoms with E-state index in [1.807, 2.05) is 6.20 Å². The van der Waals surface area contributed by atoms with Gasteiger partial charge >= 0.3 is 0 Å². The van der Waals surface area contributed by atoms with Gasteiger partial charge in [-0.2, -0.15) is 0 Å². The zero-order valence-corrected chi connectivity index (χ0v) is 15.7. The molecule has 1 aromatic heterocycles. The van der Waals surface area contributed by atoms with Crippen LogP contribution in [0.4, 0.5) is 0 Å². The molecule has 1 aromatic carbocycles. The number of likely N-dealkylation sites (tertiary alicyclic amines) is 1. The van der Waals surface area contributed by atoms with Crippen LogP contribution in [-0.4, -0.2) is 47.9 Å². The second-order valence-corrected chi connectivity index (χ2v) is 7.52. The molecule has 2 aromatic rings. The van der Waals surface area contributed by atoms with Gasteiger partial charge in [0.2, 0.25) is 0 Å². The lowest BCUT2D eigenvalue weighted by Gasteiger charge is -2.30. The van der Waals surface area contributed by atoms with E-state index in [1.165, 1.54) is 67.4 Å². The Labute approximate surface area is 156 Å². The van der Waals surface area contributed by atoms with E-state index in [1.54, 1.807) is 0 Å². The van der Waals surface area contributed by atoms with Crippen molar-refractivity contribution in [1.29, 1.82) is 0 Å². The van der Waals surface area contributed by atoms with Crippen LogP contribution in [0.25, 0.3) is 16.5 Å². The van der Waals surface area contributed by atoms with Crippen molar-refractivity contribution in [3.05, 3.63) is 42.1 Å². The first kappa shape index (κ1) is 17.5. The predicted molar refractivity (Wildman–Crippen MR) is 111 cm³/mol. The average molecular weight is 351 g/mol. The average Bonchev–Trinajstić information content (AvgIpc) is 3.14. The Kier molecular flexibility index (Phi) is 5.51. The Hall–Kier alpha value is -1.91. The molecule has 2 aliphatic heterocycles. The number of aromatic amines is 1. The first-order valence-electron chi connectivity index (χ1n) is 10.1. The third-order valence-electron chi connectivity index (χ3n) is 5.81. The first-order valence-corrected chi connectivity index (χ1v) is 10.1. The van der Waals surface area contributed by atoms with E-state index in [0.717, 1.165) is 6.42 Å². The van der Waals surface area contributed by atoms with Gasteiger partial charge in [0.1, 0.15) is 6.17 Å². The van der Waals surface area contributed by atoms with Gasteiger partial charge in [-0.15, -0.1) is 0 Å². The van der Waals surface area contributed by atoms with Gasteiger partial charge < -0.3 is 9.88 Å². The summed E-state index contributed by atoms with van der Waals surface area (Å²) >= 11 is 0. The zero-order chi connectivity index (χ0) is 17.8. The van der Waals surface area contributed by atoms with Gasteiger partial charge in [-0.3, -0.25) is 10.3 Å². The maximum Gasteiger partial charge on any atom is 0.103 e. The van der Waals surface area contributed by atoms with Gasteiger partial charge in [0.05, 0.1) is 0 Å². The fourth-order valence-corrected chi connectivity index (χ4v) is 4.23. The third-order valence-corrected chi connectivity index (χ3v) is 5.81. The third kappa shape index (κ3) is 3.92. The number of benzene rings is 1. The number of fused-ring (bicyclic) bond motifs is 1.